The monoisotopic (exact) mass is 359 g/mol. The van der Waals surface area contributed by atoms with Gasteiger partial charge < -0.3 is 10.4 Å². The molecule has 3 nitrogen and oxygen atoms in total. The van der Waals surface area contributed by atoms with E-state index in [0.717, 1.165) is 32.2 Å². The van der Waals surface area contributed by atoms with Crippen LogP contribution in [0.25, 0.3) is 0 Å². The predicted molar refractivity (Wildman–Crippen MR) is 79.4 cm³/mol. The van der Waals surface area contributed by atoms with Crippen LogP contribution in [0.1, 0.15) is 31.2 Å². The van der Waals surface area contributed by atoms with E-state index in [1.165, 1.54) is 9.13 Å². The van der Waals surface area contributed by atoms with Crippen molar-refractivity contribution in [3.05, 3.63) is 33.4 Å². The molecule has 1 fully saturated rings. The van der Waals surface area contributed by atoms with E-state index in [4.69, 9.17) is 5.11 Å². The standard InChI is InChI=1S/C14H18INO2/c15-12-5-1-10(2-6-12)9-16-13-7-3-11(4-8-13)14(17)18/h1-2,5-6,11,13,16H,3-4,7-9H2,(H,17,18). The van der Waals surface area contributed by atoms with Crippen molar-refractivity contribution < 1.29 is 9.90 Å². The van der Waals surface area contributed by atoms with E-state index < -0.39 is 5.97 Å². The van der Waals surface area contributed by atoms with Crippen LogP contribution in [0.15, 0.2) is 24.3 Å². The quantitative estimate of drug-likeness (QED) is 0.813. The molecule has 1 aliphatic carbocycles. The molecule has 98 valence electrons. The van der Waals surface area contributed by atoms with Crippen molar-refractivity contribution >= 4 is 28.6 Å². The third-order valence-corrected chi connectivity index (χ3v) is 4.30. The largest absolute Gasteiger partial charge is 0.481 e. The molecule has 1 aromatic carbocycles. The maximum atomic E-state index is 10.9. The summed E-state index contributed by atoms with van der Waals surface area (Å²) in [5.74, 6) is -0.757. The highest BCUT2D eigenvalue weighted by atomic mass is 127. The maximum absolute atomic E-state index is 10.9. The molecule has 2 rings (SSSR count). The molecule has 1 saturated carbocycles. The van der Waals surface area contributed by atoms with Crippen LogP contribution in [-0.4, -0.2) is 17.1 Å². The van der Waals surface area contributed by atoms with Crippen molar-refractivity contribution in [1.29, 1.82) is 0 Å². The lowest BCUT2D eigenvalue weighted by atomic mass is 9.86. The Hall–Kier alpha value is -0.620. The zero-order valence-corrected chi connectivity index (χ0v) is 12.4. The molecule has 0 heterocycles. The van der Waals surface area contributed by atoms with E-state index >= 15 is 0 Å². The summed E-state index contributed by atoms with van der Waals surface area (Å²) in [6.07, 6.45) is 3.56. The van der Waals surface area contributed by atoms with E-state index in [9.17, 15) is 4.79 Å². The van der Waals surface area contributed by atoms with Gasteiger partial charge in [0.15, 0.2) is 0 Å². The molecule has 0 aromatic heterocycles. The first-order valence-electron chi connectivity index (χ1n) is 6.36. The molecule has 0 radical (unpaired) electrons. The third kappa shape index (κ3) is 3.95. The fraction of sp³-hybridized carbons (Fsp3) is 0.500. The SMILES string of the molecule is O=C(O)C1CCC(NCc2ccc(I)cc2)CC1. The van der Waals surface area contributed by atoms with Crippen LogP contribution in [-0.2, 0) is 11.3 Å². The summed E-state index contributed by atoms with van der Waals surface area (Å²) < 4.78 is 1.25. The van der Waals surface area contributed by atoms with Gasteiger partial charge in [-0.3, -0.25) is 4.79 Å². The Labute approximate surface area is 121 Å². The second-order valence-corrected chi connectivity index (χ2v) is 6.14. The minimum Gasteiger partial charge on any atom is -0.481 e. The lowest BCUT2D eigenvalue weighted by molar-refractivity contribution is -0.142. The normalized spacial score (nSPS) is 23.8. The van der Waals surface area contributed by atoms with Crippen LogP contribution < -0.4 is 5.32 Å². The fourth-order valence-corrected chi connectivity index (χ4v) is 2.77. The molecular weight excluding hydrogens is 341 g/mol. The van der Waals surface area contributed by atoms with Gasteiger partial charge in [0.05, 0.1) is 5.92 Å². The zero-order valence-electron chi connectivity index (χ0n) is 10.2. The smallest absolute Gasteiger partial charge is 0.306 e. The number of benzene rings is 1. The average molecular weight is 359 g/mol. The molecule has 1 aromatic rings. The second kappa shape index (κ2) is 6.52. The number of halogens is 1. The Bertz CT molecular complexity index is 397. The fourth-order valence-electron chi connectivity index (χ4n) is 2.41. The molecule has 1 aliphatic rings. The first-order valence-corrected chi connectivity index (χ1v) is 7.43. The van der Waals surface area contributed by atoms with E-state index in [-0.39, 0.29) is 5.92 Å². The van der Waals surface area contributed by atoms with Crippen LogP contribution in [0, 0.1) is 9.49 Å². The second-order valence-electron chi connectivity index (χ2n) is 4.89. The van der Waals surface area contributed by atoms with Crippen LogP contribution in [0.3, 0.4) is 0 Å². The van der Waals surface area contributed by atoms with Gasteiger partial charge in [-0.15, -0.1) is 0 Å². The molecule has 0 unspecified atom stereocenters. The first-order chi connectivity index (χ1) is 8.65. The van der Waals surface area contributed by atoms with Crippen LogP contribution in [0.4, 0.5) is 0 Å². The van der Waals surface area contributed by atoms with Gasteiger partial charge in [0.25, 0.3) is 0 Å². The highest BCUT2D eigenvalue weighted by Gasteiger charge is 2.25. The molecule has 0 atom stereocenters. The Balaban J connectivity index is 1.75. The summed E-state index contributed by atoms with van der Waals surface area (Å²) in [7, 11) is 0. The van der Waals surface area contributed by atoms with Gasteiger partial charge in [-0.1, -0.05) is 12.1 Å². The summed E-state index contributed by atoms with van der Waals surface area (Å²) >= 11 is 2.30. The molecular formula is C14H18INO2. The van der Waals surface area contributed by atoms with Gasteiger partial charge in [0.1, 0.15) is 0 Å². The number of carboxylic acid groups (broad SMARTS) is 1. The predicted octanol–water partition coefficient (Wildman–Crippen LogP) is 3.02. The van der Waals surface area contributed by atoms with E-state index in [0.29, 0.717) is 6.04 Å². The summed E-state index contributed by atoms with van der Waals surface area (Å²) in [4.78, 5) is 10.9. The number of hydrogen-bond donors (Lipinski definition) is 2. The molecule has 0 aliphatic heterocycles. The Morgan fingerprint density at radius 3 is 2.39 bits per heavy atom. The average Bonchev–Trinajstić information content (AvgIpc) is 2.38. The molecule has 0 amide bonds. The zero-order chi connectivity index (χ0) is 13.0. The number of hydrogen-bond acceptors (Lipinski definition) is 2. The van der Waals surface area contributed by atoms with E-state index in [1.807, 2.05) is 0 Å². The van der Waals surface area contributed by atoms with Gasteiger partial charge in [-0.2, -0.15) is 0 Å². The van der Waals surface area contributed by atoms with E-state index in [1.54, 1.807) is 0 Å². The first kappa shape index (κ1) is 13.8. The van der Waals surface area contributed by atoms with Gasteiger partial charge in [0, 0.05) is 16.2 Å². The molecule has 2 N–H and O–H groups in total. The number of carbonyl (C=O) groups is 1. The van der Waals surface area contributed by atoms with Crippen LogP contribution >= 0.6 is 22.6 Å². The van der Waals surface area contributed by atoms with Crippen molar-refractivity contribution in [2.75, 3.05) is 0 Å². The van der Waals surface area contributed by atoms with Gasteiger partial charge in [-0.25, -0.2) is 0 Å². The van der Waals surface area contributed by atoms with Crippen molar-refractivity contribution in [2.24, 2.45) is 5.92 Å². The molecule has 0 saturated heterocycles. The van der Waals surface area contributed by atoms with Crippen LogP contribution in [0.5, 0.6) is 0 Å². The summed E-state index contributed by atoms with van der Waals surface area (Å²) in [6.45, 7) is 0.874. The Morgan fingerprint density at radius 2 is 1.83 bits per heavy atom. The van der Waals surface area contributed by atoms with Crippen molar-refractivity contribution in [1.82, 2.24) is 5.32 Å². The van der Waals surface area contributed by atoms with Crippen LogP contribution in [0.2, 0.25) is 0 Å². The van der Waals surface area contributed by atoms with Crippen molar-refractivity contribution in [3.63, 3.8) is 0 Å². The number of carboxylic acids is 1. The topological polar surface area (TPSA) is 49.3 Å². The third-order valence-electron chi connectivity index (χ3n) is 3.58. The van der Waals surface area contributed by atoms with Gasteiger partial charge >= 0.3 is 5.97 Å². The summed E-state index contributed by atoms with van der Waals surface area (Å²) in [5, 5.41) is 12.5. The van der Waals surface area contributed by atoms with E-state index in [2.05, 4.69) is 52.2 Å². The van der Waals surface area contributed by atoms with Crippen molar-refractivity contribution in [3.8, 4) is 0 Å². The number of rotatable bonds is 4. The Morgan fingerprint density at radius 1 is 1.22 bits per heavy atom. The van der Waals surface area contributed by atoms with Gasteiger partial charge in [-0.05, 0) is 66.0 Å². The van der Waals surface area contributed by atoms with Crippen molar-refractivity contribution in [2.45, 2.75) is 38.3 Å². The lowest BCUT2D eigenvalue weighted by Crippen LogP contribution is -2.34. The maximum Gasteiger partial charge on any atom is 0.306 e. The number of nitrogens with one attached hydrogen (secondary N) is 1. The summed E-state index contributed by atoms with van der Waals surface area (Å²) in [6, 6.07) is 8.97. The van der Waals surface area contributed by atoms with Gasteiger partial charge in [0.2, 0.25) is 0 Å². The minimum absolute atomic E-state index is 0.124. The molecule has 18 heavy (non-hydrogen) atoms. The summed E-state index contributed by atoms with van der Waals surface area (Å²) in [5.41, 5.74) is 1.29. The highest BCUT2D eigenvalue weighted by Crippen LogP contribution is 2.24. The Kier molecular flexibility index (Phi) is 5.00. The number of aliphatic carboxylic acids is 1. The molecule has 0 bridgehead atoms. The highest BCUT2D eigenvalue weighted by molar-refractivity contribution is 14.1. The molecule has 0 spiro atoms. The minimum atomic E-state index is -0.633. The molecule has 4 heteroatoms. The lowest BCUT2D eigenvalue weighted by Gasteiger charge is -2.27.